The van der Waals surface area contributed by atoms with Crippen LogP contribution in [0.2, 0.25) is 0 Å². The van der Waals surface area contributed by atoms with Crippen molar-refractivity contribution in [3.8, 4) is 11.4 Å². The third-order valence-corrected chi connectivity index (χ3v) is 3.81. The fraction of sp³-hybridized carbons (Fsp3) is 0.429. The first-order valence-corrected chi connectivity index (χ1v) is 5.87. The highest BCUT2D eigenvalue weighted by atomic mass is 15.3. The van der Waals surface area contributed by atoms with E-state index >= 15 is 0 Å². The third kappa shape index (κ3) is 1.75. The SMILES string of the molecule is Cc1cc(-c2nnc(C)n2C)c(C)c(C)c1C. The molecule has 3 nitrogen and oxygen atoms in total. The summed E-state index contributed by atoms with van der Waals surface area (Å²) in [5, 5.41) is 8.40. The molecule has 0 bridgehead atoms. The lowest BCUT2D eigenvalue weighted by atomic mass is 9.94. The first-order valence-electron chi connectivity index (χ1n) is 5.87. The van der Waals surface area contributed by atoms with Crippen molar-refractivity contribution in [2.75, 3.05) is 0 Å². The predicted octanol–water partition coefficient (Wildman–Crippen LogP) is 3.02. The Balaban J connectivity index is 2.73. The summed E-state index contributed by atoms with van der Waals surface area (Å²) in [6.07, 6.45) is 0. The van der Waals surface area contributed by atoms with Crippen molar-refractivity contribution in [1.29, 1.82) is 0 Å². The second-order valence-corrected chi connectivity index (χ2v) is 4.75. The van der Waals surface area contributed by atoms with Crippen molar-refractivity contribution in [3.05, 3.63) is 34.1 Å². The molecule has 0 aliphatic heterocycles. The Kier molecular flexibility index (Phi) is 2.77. The van der Waals surface area contributed by atoms with Crippen LogP contribution in [0, 0.1) is 34.6 Å². The van der Waals surface area contributed by atoms with Crippen LogP contribution in [0.25, 0.3) is 11.4 Å². The summed E-state index contributed by atoms with van der Waals surface area (Å²) in [5.41, 5.74) is 6.51. The van der Waals surface area contributed by atoms with E-state index in [1.165, 1.54) is 27.8 Å². The molecule has 1 heterocycles. The van der Waals surface area contributed by atoms with E-state index in [2.05, 4.69) is 44.0 Å². The van der Waals surface area contributed by atoms with Crippen LogP contribution in [0.1, 0.15) is 28.1 Å². The molecule has 0 atom stereocenters. The second-order valence-electron chi connectivity index (χ2n) is 4.75. The smallest absolute Gasteiger partial charge is 0.163 e. The highest BCUT2D eigenvalue weighted by Crippen LogP contribution is 2.28. The zero-order valence-corrected chi connectivity index (χ0v) is 11.4. The number of aromatic nitrogens is 3. The minimum Gasteiger partial charge on any atom is -0.314 e. The van der Waals surface area contributed by atoms with E-state index in [-0.39, 0.29) is 0 Å². The van der Waals surface area contributed by atoms with E-state index in [4.69, 9.17) is 0 Å². The summed E-state index contributed by atoms with van der Waals surface area (Å²) in [5.74, 6) is 1.89. The molecule has 3 heteroatoms. The van der Waals surface area contributed by atoms with Gasteiger partial charge in [-0.05, 0) is 62.9 Å². The molecule has 17 heavy (non-hydrogen) atoms. The van der Waals surface area contributed by atoms with Crippen LogP contribution < -0.4 is 0 Å². The van der Waals surface area contributed by atoms with Gasteiger partial charge in [0, 0.05) is 12.6 Å². The molecule has 0 aliphatic carbocycles. The molecule has 0 saturated heterocycles. The molecule has 0 amide bonds. The van der Waals surface area contributed by atoms with Gasteiger partial charge < -0.3 is 4.57 Å². The molecule has 1 aromatic heterocycles. The average Bonchev–Trinajstić information content (AvgIpc) is 2.62. The van der Waals surface area contributed by atoms with E-state index in [1.54, 1.807) is 0 Å². The van der Waals surface area contributed by atoms with Gasteiger partial charge >= 0.3 is 0 Å². The van der Waals surface area contributed by atoms with Crippen LogP contribution in [-0.2, 0) is 7.05 Å². The first kappa shape index (κ1) is 11.8. The van der Waals surface area contributed by atoms with Gasteiger partial charge in [-0.1, -0.05) is 0 Å². The average molecular weight is 229 g/mol. The van der Waals surface area contributed by atoms with E-state index in [0.29, 0.717) is 0 Å². The largest absolute Gasteiger partial charge is 0.314 e. The van der Waals surface area contributed by atoms with Gasteiger partial charge in [0.25, 0.3) is 0 Å². The molecular formula is C14H19N3. The zero-order chi connectivity index (χ0) is 12.7. The molecule has 0 N–H and O–H groups in total. The Morgan fingerprint density at radius 3 is 2.06 bits per heavy atom. The summed E-state index contributed by atoms with van der Waals surface area (Å²) in [7, 11) is 2.01. The highest BCUT2D eigenvalue weighted by Gasteiger charge is 2.14. The van der Waals surface area contributed by atoms with Crippen LogP contribution >= 0.6 is 0 Å². The van der Waals surface area contributed by atoms with Gasteiger partial charge in [-0.25, -0.2) is 0 Å². The Hall–Kier alpha value is -1.64. The summed E-state index contributed by atoms with van der Waals surface area (Å²) in [6, 6.07) is 2.21. The summed E-state index contributed by atoms with van der Waals surface area (Å²) < 4.78 is 2.04. The van der Waals surface area contributed by atoms with Crippen LogP contribution in [-0.4, -0.2) is 14.8 Å². The molecule has 1 aromatic carbocycles. The lowest BCUT2D eigenvalue weighted by molar-refractivity contribution is 0.864. The van der Waals surface area contributed by atoms with Gasteiger partial charge in [-0.2, -0.15) is 0 Å². The van der Waals surface area contributed by atoms with E-state index in [0.717, 1.165) is 11.6 Å². The number of nitrogens with zero attached hydrogens (tertiary/aromatic N) is 3. The lowest BCUT2D eigenvalue weighted by Gasteiger charge is -2.13. The zero-order valence-electron chi connectivity index (χ0n) is 11.4. The molecule has 90 valence electrons. The van der Waals surface area contributed by atoms with Crippen molar-refractivity contribution in [2.24, 2.45) is 7.05 Å². The Morgan fingerprint density at radius 2 is 1.53 bits per heavy atom. The number of hydrogen-bond donors (Lipinski definition) is 0. The number of hydrogen-bond acceptors (Lipinski definition) is 2. The first-order chi connectivity index (χ1) is 7.93. The van der Waals surface area contributed by atoms with Crippen LogP contribution in [0.15, 0.2) is 6.07 Å². The van der Waals surface area contributed by atoms with Gasteiger partial charge in [0.1, 0.15) is 5.82 Å². The topological polar surface area (TPSA) is 30.7 Å². The maximum atomic E-state index is 4.27. The van der Waals surface area contributed by atoms with Gasteiger partial charge in [-0.15, -0.1) is 10.2 Å². The quantitative estimate of drug-likeness (QED) is 0.752. The van der Waals surface area contributed by atoms with Gasteiger partial charge in [0.2, 0.25) is 0 Å². The maximum Gasteiger partial charge on any atom is 0.163 e. The summed E-state index contributed by atoms with van der Waals surface area (Å²) in [6.45, 7) is 10.6. The Morgan fingerprint density at radius 1 is 0.882 bits per heavy atom. The van der Waals surface area contributed by atoms with Crippen LogP contribution in [0.5, 0.6) is 0 Å². The standard InChI is InChI=1S/C14H19N3/c1-8-7-13(11(4)10(3)9(8)2)14-16-15-12(5)17(14)6/h7H,1-6H3. The summed E-state index contributed by atoms with van der Waals surface area (Å²) in [4.78, 5) is 0. The number of aryl methyl sites for hydroxylation is 2. The normalized spacial score (nSPS) is 10.9. The molecule has 0 fully saturated rings. The fourth-order valence-electron chi connectivity index (χ4n) is 2.09. The summed E-state index contributed by atoms with van der Waals surface area (Å²) >= 11 is 0. The van der Waals surface area contributed by atoms with Gasteiger partial charge in [-0.3, -0.25) is 0 Å². The maximum absolute atomic E-state index is 4.27. The predicted molar refractivity (Wildman–Crippen MR) is 70.1 cm³/mol. The van der Waals surface area contributed by atoms with Crippen LogP contribution in [0.4, 0.5) is 0 Å². The van der Waals surface area contributed by atoms with Crippen molar-refractivity contribution in [3.63, 3.8) is 0 Å². The van der Waals surface area contributed by atoms with Crippen molar-refractivity contribution < 1.29 is 0 Å². The van der Waals surface area contributed by atoms with Crippen molar-refractivity contribution >= 4 is 0 Å². The second kappa shape index (κ2) is 3.99. The Bertz CT molecular complexity index is 580. The van der Waals surface area contributed by atoms with Crippen molar-refractivity contribution in [1.82, 2.24) is 14.8 Å². The van der Waals surface area contributed by atoms with E-state index in [9.17, 15) is 0 Å². The monoisotopic (exact) mass is 229 g/mol. The third-order valence-electron chi connectivity index (χ3n) is 3.81. The fourth-order valence-corrected chi connectivity index (χ4v) is 2.09. The number of benzene rings is 1. The van der Waals surface area contributed by atoms with Crippen LogP contribution in [0.3, 0.4) is 0 Å². The minimum absolute atomic E-state index is 0.940. The molecule has 2 rings (SSSR count). The molecule has 0 aliphatic rings. The molecule has 0 radical (unpaired) electrons. The minimum atomic E-state index is 0.940. The number of rotatable bonds is 1. The molecule has 0 unspecified atom stereocenters. The van der Waals surface area contributed by atoms with Gasteiger partial charge in [0.05, 0.1) is 0 Å². The Labute approximate surface area is 103 Å². The highest BCUT2D eigenvalue weighted by molar-refractivity contribution is 5.65. The van der Waals surface area contributed by atoms with Gasteiger partial charge in [0.15, 0.2) is 5.82 Å². The van der Waals surface area contributed by atoms with E-state index < -0.39 is 0 Å². The molecule has 2 aromatic rings. The molecule has 0 spiro atoms. The molecular weight excluding hydrogens is 210 g/mol. The van der Waals surface area contributed by atoms with Crippen molar-refractivity contribution in [2.45, 2.75) is 34.6 Å². The lowest BCUT2D eigenvalue weighted by Crippen LogP contribution is -2.00. The van der Waals surface area contributed by atoms with E-state index in [1.807, 2.05) is 18.5 Å². The molecule has 0 saturated carbocycles.